The summed E-state index contributed by atoms with van der Waals surface area (Å²) in [6.07, 6.45) is 1.71. The molecule has 0 atom stereocenters. The Hall–Kier alpha value is -2.08. The van der Waals surface area contributed by atoms with Crippen molar-refractivity contribution in [2.45, 2.75) is 0 Å². The molecule has 0 aliphatic carbocycles. The van der Waals surface area contributed by atoms with Gasteiger partial charge in [0, 0.05) is 25.5 Å². The van der Waals surface area contributed by atoms with E-state index in [0.29, 0.717) is 16.4 Å². The maximum atomic E-state index is 12.0. The van der Waals surface area contributed by atoms with Crippen LogP contribution >= 0.6 is 11.3 Å². The summed E-state index contributed by atoms with van der Waals surface area (Å²) in [5.74, 6) is 1.03. The number of carbonyl (C=O) groups excluding carboxylic acids is 1. The second kappa shape index (κ2) is 5.71. The Balaban J connectivity index is 2.06. The minimum absolute atomic E-state index is 0.182. The summed E-state index contributed by atoms with van der Waals surface area (Å²) in [4.78, 5) is 18.7. The highest BCUT2D eigenvalue weighted by atomic mass is 32.1. The SMILES string of the molecule is COc1csc(C(=O)Nc2ccc(N(C)C)cn2)c1. The Kier molecular flexibility index (Phi) is 4.01. The van der Waals surface area contributed by atoms with Crippen molar-refractivity contribution in [2.75, 3.05) is 31.4 Å². The van der Waals surface area contributed by atoms with Gasteiger partial charge in [-0.1, -0.05) is 0 Å². The number of carbonyl (C=O) groups is 1. The van der Waals surface area contributed by atoms with Gasteiger partial charge in [-0.2, -0.15) is 0 Å². The molecule has 0 fully saturated rings. The molecule has 0 radical (unpaired) electrons. The zero-order valence-electron chi connectivity index (χ0n) is 11.0. The number of thiophene rings is 1. The number of anilines is 2. The van der Waals surface area contributed by atoms with E-state index in [9.17, 15) is 4.79 Å². The van der Waals surface area contributed by atoms with Crippen LogP contribution in [0.15, 0.2) is 29.8 Å². The molecule has 0 bridgehead atoms. The Bertz CT molecular complexity index is 564. The summed E-state index contributed by atoms with van der Waals surface area (Å²) in [5, 5.41) is 4.54. The molecule has 19 heavy (non-hydrogen) atoms. The molecular weight excluding hydrogens is 262 g/mol. The first-order valence-electron chi connectivity index (χ1n) is 5.67. The molecule has 100 valence electrons. The molecule has 0 saturated heterocycles. The molecule has 2 aromatic rings. The fourth-order valence-corrected chi connectivity index (χ4v) is 2.20. The van der Waals surface area contributed by atoms with Crippen LogP contribution in [-0.2, 0) is 0 Å². The van der Waals surface area contributed by atoms with Crippen molar-refractivity contribution in [3.8, 4) is 5.75 Å². The monoisotopic (exact) mass is 277 g/mol. The van der Waals surface area contributed by atoms with Crippen LogP contribution in [-0.4, -0.2) is 32.1 Å². The Labute approximate surface area is 115 Å². The Morgan fingerprint density at radius 3 is 2.74 bits per heavy atom. The molecule has 0 unspecified atom stereocenters. The van der Waals surface area contributed by atoms with E-state index in [1.54, 1.807) is 30.8 Å². The number of hydrogen-bond donors (Lipinski definition) is 1. The number of pyridine rings is 1. The van der Waals surface area contributed by atoms with E-state index in [0.717, 1.165) is 5.69 Å². The van der Waals surface area contributed by atoms with Gasteiger partial charge in [0.2, 0.25) is 0 Å². The fourth-order valence-electron chi connectivity index (χ4n) is 1.45. The van der Waals surface area contributed by atoms with E-state index in [4.69, 9.17) is 4.74 Å². The van der Waals surface area contributed by atoms with E-state index in [2.05, 4.69) is 10.3 Å². The summed E-state index contributed by atoms with van der Waals surface area (Å²) in [6.45, 7) is 0. The number of hydrogen-bond acceptors (Lipinski definition) is 5. The third-order valence-corrected chi connectivity index (χ3v) is 3.45. The Morgan fingerprint density at radius 1 is 1.42 bits per heavy atom. The molecule has 1 amide bonds. The van der Waals surface area contributed by atoms with Gasteiger partial charge in [0.25, 0.3) is 5.91 Å². The van der Waals surface area contributed by atoms with E-state index in [1.807, 2.05) is 25.1 Å². The predicted octanol–water partition coefficient (Wildman–Crippen LogP) is 2.47. The standard InChI is InChI=1S/C13H15N3O2S/c1-16(2)9-4-5-12(14-7-9)15-13(17)11-6-10(18-3)8-19-11/h4-8H,1-3H3,(H,14,15,17). The van der Waals surface area contributed by atoms with Crippen molar-refractivity contribution in [3.63, 3.8) is 0 Å². The van der Waals surface area contributed by atoms with Crippen LogP contribution in [0.5, 0.6) is 5.75 Å². The van der Waals surface area contributed by atoms with Gasteiger partial charge in [-0.3, -0.25) is 4.79 Å². The van der Waals surface area contributed by atoms with Gasteiger partial charge in [-0.05, 0) is 12.1 Å². The van der Waals surface area contributed by atoms with Crippen molar-refractivity contribution in [1.82, 2.24) is 4.98 Å². The average molecular weight is 277 g/mol. The molecule has 2 heterocycles. The van der Waals surface area contributed by atoms with Crippen molar-refractivity contribution in [2.24, 2.45) is 0 Å². The lowest BCUT2D eigenvalue weighted by Crippen LogP contribution is -2.12. The van der Waals surface area contributed by atoms with Gasteiger partial charge in [0.15, 0.2) is 0 Å². The quantitative estimate of drug-likeness (QED) is 0.932. The highest BCUT2D eigenvalue weighted by Gasteiger charge is 2.10. The van der Waals surface area contributed by atoms with Gasteiger partial charge < -0.3 is 15.0 Å². The maximum absolute atomic E-state index is 12.0. The highest BCUT2D eigenvalue weighted by Crippen LogP contribution is 2.22. The second-order valence-corrected chi connectivity index (χ2v) is 5.01. The van der Waals surface area contributed by atoms with Crippen LogP contribution in [0.3, 0.4) is 0 Å². The number of amides is 1. The third kappa shape index (κ3) is 3.23. The third-order valence-electron chi connectivity index (χ3n) is 2.54. The summed E-state index contributed by atoms with van der Waals surface area (Å²) in [6, 6.07) is 5.38. The Morgan fingerprint density at radius 2 is 2.21 bits per heavy atom. The molecule has 0 aromatic carbocycles. The number of methoxy groups -OCH3 is 1. The molecular formula is C13H15N3O2S. The molecule has 2 aromatic heterocycles. The summed E-state index contributed by atoms with van der Waals surface area (Å²) < 4.78 is 5.05. The summed E-state index contributed by atoms with van der Waals surface area (Å²) in [7, 11) is 5.45. The van der Waals surface area contributed by atoms with E-state index in [-0.39, 0.29) is 5.91 Å². The molecule has 5 nitrogen and oxygen atoms in total. The van der Waals surface area contributed by atoms with Gasteiger partial charge in [-0.25, -0.2) is 4.98 Å². The maximum Gasteiger partial charge on any atom is 0.267 e. The first kappa shape index (κ1) is 13.4. The lowest BCUT2D eigenvalue weighted by Gasteiger charge is -2.11. The average Bonchev–Trinajstić information content (AvgIpc) is 2.88. The number of ether oxygens (including phenoxy) is 1. The minimum Gasteiger partial charge on any atom is -0.496 e. The zero-order chi connectivity index (χ0) is 13.8. The van der Waals surface area contributed by atoms with Crippen LogP contribution < -0.4 is 15.0 Å². The lowest BCUT2D eigenvalue weighted by molar-refractivity contribution is 0.103. The molecule has 6 heteroatoms. The van der Waals surface area contributed by atoms with Crippen LogP contribution in [0.2, 0.25) is 0 Å². The molecule has 1 N–H and O–H groups in total. The highest BCUT2D eigenvalue weighted by molar-refractivity contribution is 7.12. The van der Waals surface area contributed by atoms with Gasteiger partial charge in [0.05, 0.1) is 23.9 Å². The number of nitrogens with one attached hydrogen (secondary N) is 1. The zero-order valence-corrected chi connectivity index (χ0v) is 11.8. The normalized spacial score (nSPS) is 10.1. The number of nitrogens with zero attached hydrogens (tertiary/aromatic N) is 2. The van der Waals surface area contributed by atoms with E-state index >= 15 is 0 Å². The molecule has 0 aliphatic heterocycles. The number of aromatic nitrogens is 1. The second-order valence-electron chi connectivity index (χ2n) is 4.10. The van der Waals surface area contributed by atoms with Crippen molar-refractivity contribution >= 4 is 28.7 Å². The summed E-state index contributed by atoms with van der Waals surface area (Å²) >= 11 is 1.34. The lowest BCUT2D eigenvalue weighted by atomic mass is 10.3. The molecule has 0 saturated carbocycles. The van der Waals surface area contributed by atoms with Gasteiger partial charge in [-0.15, -0.1) is 11.3 Å². The van der Waals surface area contributed by atoms with Crippen molar-refractivity contribution < 1.29 is 9.53 Å². The molecule has 0 spiro atoms. The van der Waals surface area contributed by atoms with Crippen LogP contribution in [0.1, 0.15) is 9.67 Å². The minimum atomic E-state index is -0.182. The first-order valence-corrected chi connectivity index (χ1v) is 6.55. The van der Waals surface area contributed by atoms with Crippen LogP contribution in [0.4, 0.5) is 11.5 Å². The first-order chi connectivity index (χ1) is 9.10. The smallest absolute Gasteiger partial charge is 0.267 e. The molecule has 0 aliphatic rings. The van der Waals surface area contributed by atoms with E-state index < -0.39 is 0 Å². The van der Waals surface area contributed by atoms with Crippen molar-refractivity contribution in [1.29, 1.82) is 0 Å². The topological polar surface area (TPSA) is 54.5 Å². The van der Waals surface area contributed by atoms with Crippen LogP contribution in [0, 0.1) is 0 Å². The summed E-state index contributed by atoms with van der Waals surface area (Å²) in [5.41, 5.74) is 0.982. The van der Waals surface area contributed by atoms with Gasteiger partial charge >= 0.3 is 0 Å². The largest absolute Gasteiger partial charge is 0.496 e. The molecule has 2 rings (SSSR count). The van der Waals surface area contributed by atoms with E-state index in [1.165, 1.54) is 11.3 Å². The fraction of sp³-hybridized carbons (Fsp3) is 0.231. The number of rotatable bonds is 4. The van der Waals surface area contributed by atoms with Crippen molar-refractivity contribution in [3.05, 3.63) is 34.7 Å². The van der Waals surface area contributed by atoms with Gasteiger partial charge in [0.1, 0.15) is 11.6 Å². The van der Waals surface area contributed by atoms with Crippen LogP contribution in [0.25, 0.3) is 0 Å². The predicted molar refractivity (Wildman–Crippen MR) is 77.4 cm³/mol.